The molecule has 2 amide bonds. The van der Waals surface area contributed by atoms with Gasteiger partial charge < -0.3 is 10.6 Å². The van der Waals surface area contributed by atoms with Crippen LogP contribution in [-0.2, 0) is 4.79 Å². The molecule has 0 unspecified atom stereocenters. The molecule has 5 heteroatoms. The molecule has 0 radical (unpaired) electrons. The van der Waals surface area contributed by atoms with Crippen LogP contribution in [0.25, 0.3) is 0 Å². The SMILES string of the molecule is Cc1ccc(C(=O)NCCC(=O)NC2CC2)cc1Br. The highest BCUT2D eigenvalue weighted by Gasteiger charge is 2.22. The summed E-state index contributed by atoms with van der Waals surface area (Å²) in [6.45, 7) is 2.33. The van der Waals surface area contributed by atoms with Gasteiger partial charge >= 0.3 is 0 Å². The van der Waals surface area contributed by atoms with Crippen LogP contribution in [-0.4, -0.2) is 24.4 Å². The van der Waals surface area contributed by atoms with Crippen molar-refractivity contribution in [2.45, 2.75) is 32.2 Å². The van der Waals surface area contributed by atoms with Gasteiger partial charge in [0.05, 0.1) is 0 Å². The fraction of sp³-hybridized carbons (Fsp3) is 0.429. The first-order valence-electron chi connectivity index (χ1n) is 6.40. The van der Waals surface area contributed by atoms with Crippen LogP contribution in [0, 0.1) is 6.92 Å². The minimum Gasteiger partial charge on any atom is -0.353 e. The summed E-state index contributed by atoms with van der Waals surface area (Å²) < 4.78 is 0.909. The molecule has 1 aliphatic rings. The molecule has 1 aromatic carbocycles. The van der Waals surface area contributed by atoms with Gasteiger partial charge in [0.1, 0.15) is 0 Å². The van der Waals surface area contributed by atoms with Gasteiger partial charge in [0.2, 0.25) is 5.91 Å². The maximum absolute atomic E-state index is 11.9. The second-order valence-electron chi connectivity index (χ2n) is 4.81. The zero-order chi connectivity index (χ0) is 13.8. The van der Waals surface area contributed by atoms with E-state index in [9.17, 15) is 9.59 Å². The summed E-state index contributed by atoms with van der Waals surface area (Å²) in [6.07, 6.45) is 2.49. The average molecular weight is 325 g/mol. The molecule has 1 aromatic rings. The molecule has 2 rings (SSSR count). The van der Waals surface area contributed by atoms with Gasteiger partial charge in [0, 0.05) is 29.0 Å². The average Bonchev–Trinajstić information content (AvgIpc) is 3.16. The first kappa shape index (κ1) is 14.1. The smallest absolute Gasteiger partial charge is 0.251 e. The summed E-state index contributed by atoms with van der Waals surface area (Å²) >= 11 is 3.40. The normalized spacial score (nSPS) is 14.0. The lowest BCUT2D eigenvalue weighted by Gasteiger charge is -2.07. The van der Waals surface area contributed by atoms with Crippen LogP contribution < -0.4 is 10.6 Å². The van der Waals surface area contributed by atoms with Gasteiger partial charge in [-0.05, 0) is 37.5 Å². The third kappa shape index (κ3) is 4.35. The van der Waals surface area contributed by atoms with E-state index >= 15 is 0 Å². The van der Waals surface area contributed by atoms with E-state index in [1.54, 1.807) is 12.1 Å². The first-order valence-corrected chi connectivity index (χ1v) is 7.19. The number of halogens is 1. The Kier molecular flexibility index (Phi) is 4.58. The zero-order valence-electron chi connectivity index (χ0n) is 10.8. The predicted molar refractivity (Wildman–Crippen MR) is 77.0 cm³/mol. The van der Waals surface area contributed by atoms with Crippen LogP contribution in [0.4, 0.5) is 0 Å². The maximum Gasteiger partial charge on any atom is 0.251 e. The number of nitrogens with one attached hydrogen (secondary N) is 2. The van der Waals surface area contributed by atoms with Gasteiger partial charge in [-0.15, -0.1) is 0 Å². The fourth-order valence-electron chi connectivity index (χ4n) is 1.65. The predicted octanol–water partition coefficient (Wildman–Crippen LogP) is 2.16. The molecule has 1 aliphatic carbocycles. The van der Waals surface area contributed by atoms with Crippen molar-refractivity contribution in [3.63, 3.8) is 0 Å². The summed E-state index contributed by atoms with van der Waals surface area (Å²) in [6, 6.07) is 5.82. The lowest BCUT2D eigenvalue weighted by molar-refractivity contribution is -0.121. The van der Waals surface area contributed by atoms with Crippen molar-refractivity contribution >= 4 is 27.7 Å². The van der Waals surface area contributed by atoms with Crippen LogP contribution in [0.1, 0.15) is 35.2 Å². The summed E-state index contributed by atoms with van der Waals surface area (Å²) in [5.41, 5.74) is 1.68. The Labute approximate surface area is 121 Å². The van der Waals surface area contributed by atoms with E-state index in [1.807, 2.05) is 13.0 Å². The number of benzene rings is 1. The lowest BCUT2D eigenvalue weighted by Crippen LogP contribution is -2.31. The lowest BCUT2D eigenvalue weighted by atomic mass is 10.1. The number of aryl methyl sites for hydroxylation is 1. The molecular formula is C14H17BrN2O2. The molecule has 102 valence electrons. The second kappa shape index (κ2) is 6.19. The number of hydrogen-bond donors (Lipinski definition) is 2. The van der Waals surface area contributed by atoms with Crippen molar-refractivity contribution in [2.75, 3.05) is 6.54 Å². The van der Waals surface area contributed by atoms with Gasteiger partial charge in [-0.2, -0.15) is 0 Å². The van der Waals surface area contributed by atoms with E-state index in [4.69, 9.17) is 0 Å². The Balaban J connectivity index is 1.76. The minimum atomic E-state index is -0.153. The van der Waals surface area contributed by atoms with E-state index in [0.717, 1.165) is 22.9 Å². The fourth-order valence-corrected chi connectivity index (χ4v) is 2.03. The van der Waals surface area contributed by atoms with E-state index in [2.05, 4.69) is 26.6 Å². The van der Waals surface area contributed by atoms with E-state index in [-0.39, 0.29) is 11.8 Å². The molecular weight excluding hydrogens is 308 g/mol. The molecule has 19 heavy (non-hydrogen) atoms. The summed E-state index contributed by atoms with van der Waals surface area (Å²) in [5.74, 6) is -0.146. The summed E-state index contributed by atoms with van der Waals surface area (Å²) in [4.78, 5) is 23.3. The molecule has 0 heterocycles. The molecule has 1 fully saturated rings. The molecule has 0 saturated heterocycles. The van der Waals surface area contributed by atoms with Crippen molar-refractivity contribution < 1.29 is 9.59 Å². The second-order valence-corrected chi connectivity index (χ2v) is 5.67. The zero-order valence-corrected chi connectivity index (χ0v) is 12.4. The van der Waals surface area contributed by atoms with Gasteiger partial charge in [-0.1, -0.05) is 22.0 Å². The quantitative estimate of drug-likeness (QED) is 0.872. The highest BCUT2D eigenvalue weighted by atomic mass is 79.9. The van der Waals surface area contributed by atoms with Gasteiger partial charge in [0.15, 0.2) is 0 Å². The van der Waals surface area contributed by atoms with Crippen molar-refractivity contribution in [1.82, 2.24) is 10.6 Å². The Morgan fingerprint density at radius 2 is 2.11 bits per heavy atom. The third-order valence-electron chi connectivity index (χ3n) is 3.01. The largest absolute Gasteiger partial charge is 0.353 e. The van der Waals surface area contributed by atoms with Crippen molar-refractivity contribution in [3.05, 3.63) is 33.8 Å². The summed E-state index contributed by atoms with van der Waals surface area (Å²) in [5, 5.41) is 5.64. The molecule has 0 aliphatic heterocycles. The number of carbonyl (C=O) groups is 2. The van der Waals surface area contributed by atoms with Gasteiger partial charge in [-0.3, -0.25) is 9.59 Å². The van der Waals surface area contributed by atoms with Gasteiger partial charge in [-0.25, -0.2) is 0 Å². The highest BCUT2D eigenvalue weighted by molar-refractivity contribution is 9.10. The Hall–Kier alpha value is -1.36. The van der Waals surface area contributed by atoms with Crippen molar-refractivity contribution in [1.29, 1.82) is 0 Å². The molecule has 2 N–H and O–H groups in total. The minimum absolute atomic E-state index is 0.00730. The molecule has 0 atom stereocenters. The Morgan fingerprint density at radius 1 is 1.37 bits per heavy atom. The number of hydrogen-bond acceptors (Lipinski definition) is 2. The van der Waals surface area contributed by atoms with E-state index < -0.39 is 0 Å². The van der Waals surface area contributed by atoms with E-state index in [0.29, 0.717) is 24.6 Å². The maximum atomic E-state index is 11.9. The van der Waals surface area contributed by atoms with Gasteiger partial charge in [0.25, 0.3) is 5.91 Å². The molecule has 0 spiro atoms. The topological polar surface area (TPSA) is 58.2 Å². The monoisotopic (exact) mass is 324 g/mol. The molecule has 1 saturated carbocycles. The number of rotatable bonds is 5. The number of amides is 2. The third-order valence-corrected chi connectivity index (χ3v) is 3.87. The van der Waals surface area contributed by atoms with Crippen molar-refractivity contribution in [2.24, 2.45) is 0 Å². The molecule has 0 aromatic heterocycles. The van der Waals surface area contributed by atoms with Crippen LogP contribution in [0.15, 0.2) is 22.7 Å². The van der Waals surface area contributed by atoms with E-state index in [1.165, 1.54) is 0 Å². The van der Waals surface area contributed by atoms with Crippen LogP contribution in [0.5, 0.6) is 0 Å². The summed E-state index contributed by atoms with van der Waals surface area (Å²) in [7, 11) is 0. The Morgan fingerprint density at radius 3 is 2.74 bits per heavy atom. The van der Waals surface area contributed by atoms with Crippen molar-refractivity contribution in [3.8, 4) is 0 Å². The van der Waals surface area contributed by atoms with Crippen LogP contribution in [0.3, 0.4) is 0 Å². The van der Waals surface area contributed by atoms with Crippen LogP contribution in [0.2, 0.25) is 0 Å². The number of carbonyl (C=O) groups excluding carboxylic acids is 2. The van der Waals surface area contributed by atoms with Crippen LogP contribution >= 0.6 is 15.9 Å². The highest BCUT2D eigenvalue weighted by Crippen LogP contribution is 2.18. The Bertz CT molecular complexity index is 498. The standard InChI is InChI=1S/C14H17BrN2O2/c1-9-2-3-10(8-12(9)15)14(19)16-7-6-13(18)17-11-4-5-11/h2-3,8,11H,4-7H2,1H3,(H,16,19)(H,17,18). The molecule has 0 bridgehead atoms. The first-order chi connectivity index (χ1) is 9.06. The molecule has 4 nitrogen and oxygen atoms in total.